The molecule has 0 spiro atoms. The first kappa shape index (κ1) is 6.74. The SMILES string of the molecule is COC(=O)OC(N)=O. The molecule has 0 aromatic rings. The molecular formula is C3H5NO4. The first-order valence-electron chi connectivity index (χ1n) is 1.72. The van der Waals surface area contributed by atoms with Crippen LogP contribution in [0, 0.1) is 0 Å². The summed E-state index contributed by atoms with van der Waals surface area (Å²) in [6, 6.07) is 0. The van der Waals surface area contributed by atoms with Gasteiger partial charge in [0, 0.05) is 0 Å². The van der Waals surface area contributed by atoms with E-state index in [2.05, 4.69) is 15.2 Å². The molecule has 0 bridgehead atoms. The molecule has 0 unspecified atom stereocenters. The van der Waals surface area contributed by atoms with Gasteiger partial charge in [-0.05, 0) is 0 Å². The monoisotopic (exact) mass is 119 g/mol. The zero-order chi connectivity index (χ0) is 6.57. The molecule has 5 nitrogen and oxygen atoms in total. The van der Waals surface area contributed by atoms with Crippen molar-refractivity contribution in [2.75, 3.05) is 7.11 Å². The fourth-order valence-electron chi connectivity index (χ4n) is 0.124. The average Bonchev–Trinajstić information content (AvgIpc) is 1.65. The highest BCUT2D eigenvalue weighted by Crippen LogP contribution is 1.78. The summed E-state index contributed by atoms with van der Waals surface area (Å²) in [6.07, 6.45) is -2.27. The van der Waals surface area contributed by atoms with Crippen molar-refractivity contribution in [2.24, 2.45) is 5.73 Å². The number of ether oxygens (including phenoxy) is 2. The highest BCUT2D eigenvalue weighted by Gasteiger charge is 2.02. The lowest BCUT2D eigenvalue weighted by atomic mass is 11.2. The molecule has 0 aromatic heterocycles. The Morgan fingerprint density at radius 3 is 2.12 bits per heavy atom. The molecular weight excluding hydrogens is 114 g/mol. The molecule has 0 aliphatic rings. The Morgan fingerprint density at radius 2 is 2.00 bits per heavy atom. The Bertz CT molecular complexity index is 110. The topological polar surface area (TPSA) is 78.6 Å². The van der Waals surface area contributed by atoms with Crippen LogP contribution in [0.1, 0.15) is 0 Å². The molecule has 0 aliphatic heterocycles. The first-order valence-corrected chi connectivity index (χ1v) is 1.72. The van der Waals surface area contributed by atoms with Crippen molar-refractivity contribution in [3.63, 3.8) is 0 Å². The summed E-state index contributed by atoms with van der Waals surface area (Å²) in [6.45, 7) is 0. The number of carbonyl (C=O) groups excluding carboxylic acids is 2. The molecule has 2 N–H and O–H groups in total. The number of rotatable bonds is 0. The smallest absolute Gasteiger partial charge is 0.437 e. The Hall–Kier alpha value is -1.26. The number of hydrogen-bond acceptors (Lipinski definition) is 4. The van der Waals surface area contributed by atoms with Gasteiger partial charge in [-0.25, -0.2) is 9.59 Å². The van der Waals surface area contributed by atoms with Gasteiger partial charge < -0.3 is 15.2 Å². The van der Waals surface area contributed by atoms with Crippen LogP contribution in [0.3, 0.4) is 0 Å². The van der Waals surface area contributed by atoms with Crippen LogP contribution >= 0.6 is 0 Å². The molecule has 0 rings (SSSR count). The van der Waals surface area contributed by atoms with Crippen molar-refractivity contribution in [3.8, 4) is 0 Å². The van der Waals surface area contributed by atoms with Crippen LogP contribution in [0.5, 0.6) is 0 Å². The van der Waals surface area contributed by atoms with Crippen LogP contribution < -0.4 is 5.73 Å². The summed E-state index contributed by atoms with van der Waals surface area (Å²) in [7, 11) is 1.07. The Kier molecular flexibility index (Phi) is 2.39. The second-order valence-corrected chi connectivity index (χ2v) is 0.875. The predicted octanol–water partition coefficient (Wildman–Crippen LogP) is -0.152. The molecule has 0 saturated carbocycles. The summed E-state index contributed by atoms with van der Waals surface area (Å²) in [5.74, 6) is 0. The van der Waals surface area contributed by atoms with Gasteiger partial charge >= 0.3 is 12.2 Å². The van der Waals surface area contributed by atoms with Crippen molar-refractivity contribution in [1.82, 2.24) is 0 Å². The third-order valence-corrected chi connectivity index (χ3v) is 0.351. The number of methoxy groups -OCH3 is 1. The summed E-state index contributed by atoms with van der Waals surface area (Å²) in [5, 5.41) is 0. The van der Waals surface area contributed by atoms with E-state index in [0.717, 1.165) is 7.11 Å². The van der Waals surface area contributed by atoms with E-state index in [9.17, 15) is 9.59 Å². The summed E-state index contributed by atoms with van der Waals surface area (Å²) >= 11 is 0. The van der Waals surface area contributed by atoms with E-state index >= 15 is 0 Å². The lowest BCUT2D eigenvalue weighted by molar-refractivity contribution is 0.0959. The Morgan fingerprint density at radius 1 is 1.50 bits per heavy atom. The molecule has 0 heterocycles. The van der Waals surface area contributed by atoms with Crippen LogP contribution in [0.4, 0.5) is 9.59 Å². The number of amides is 1. The lowest BCUT2D eigenvalue weighted by Crippen LogP contribution is -2.17. The van der Waals surface area contributed by atoms with Gasteiger partial charge in [0.15, 0.2) is 0 Å². The van der Waals surface area contributed by atoms with E-state index in [1.54, 1.807) is 0 Å². The Balaban J connectivity index is 3.40. The highest BCUT2D eigenvalue weighted by atomic mass is 16.7. The maximum absolute atomic E-state index is 9.88. The molecule has 0 saturated heterocycles. The molecule has 0 atom stereocenters. The fraction of sp³-hybridized carbons (Fsp3) is 0.333. The maximum atomic E-state index is 9.88. The van der Waals surface area contributed by atoms with Gasteiger partial charge in [-0.15, -0.1) is 0 Å². The molecule has 0 aliphatic carbocycles. The number of hydrogen-bond donors (Lipinski definition) is 1. The molecule has 0 fully saturated rings. The number of carbonyl (C=O) groups is 2. The van der Waals surface area contributed by atoms with E-state index in [1.165, 1.54) is 0 Å². The zero-order valence-corrected chi connectivity index (χ0v) is 4.21. The zero-order valence-electron chi connectivity index (χ0n) is 4.21. The van der Waals surface area contributed by atoms with Gasteiger partial charge in [0.1, 0.15) is 0 Å². The number of primary amides is 1. The van der Waals surface area contributed by atoms with Crippen LogP contribution in [0.2, 0.25) is 0 Å². The second kappa shape index (κ2) is 2.84. The lowest BCUT2D eigenvalue weighted by Gasteiger charge is -1.92. The molecule has 0 aromatic carbocycles. The quantitative estimate of drug-likeness (QED) is 0.355. The minimum atomic E-state index is -1.17. The van der Waals surface area contributed by atoms with Crippen molar-refractivity contribution in [1.29, 1.82) is 0 Å². The van der Waals surface area contributed by atoms with Gasteiger partial charge in [-0.1, -0.05) is 0 Å². The van der Waals surface area contributed by atoms with E-state index in [1.807, 2.05) is 0 Å². The largest absolute Gasteiger partial charge is 0.517 e. The van der Waals surface area contributed by atoms with Crippen molar-refractivity contribution in [3.05, 3.63) is 0 Å². The third-order valence-electron chi connectivity index (χ3n) is 0.351. The summed E-state index contributed by atoms with van der Waals surface area (Å²) in [4.78, 5) is 19.5. The Labute approximate surface area is 45.4 Å². The van der Waals surface area contributed by atoms with Gasteiger partial charge in [0.2, 0.25) is 0 Å². The van der Waals surface area contributed by atoms with Gasteiger partial charge in [0.05, 0.1) is 7.11 Å². The van der Waals surface area contributed by atoms with Gasteiger partial charge in [0.25, 0.3) is 0 Å². The normalized spacial score (nSPS) is 7.62. The van der Waals surface area contributed by atoms with Gasteiger partial charge in [-0.2, -0.15) is 0 Å². The van der Waals surface area contributed by atoms with Gasteiger partial charge in [-0.3, -0.25) is 0 Å². The average molecular weight is 119 g/mol. The van der Waals surface area contributed by atoms with Crippen LogP contribution in [-0.2, 0) is 9.47 Å². The molecule has 8 heavy (non-hydrogen) atoms. The summed E-state index contributed by atoms with van der Waals surface area (Å²) in [5.41, 5.74) is 4.41. The van der Waals surface area contributed by atoms with Crippen molar-refractivity contribution in [2.45, 2.75) is 0 Å². The predicted molar refractivity (Wildman–Crippen MR) is 23.1 cm³/mol. The maximum Gasteiger partial charge on any atom is 0.517 e. The molecule has 46 valence electrons. The van der Waals surface area contributed by atoms with E-state index in [-0.39, 0.29) is 0 Å². The van der Waals surface area contributed by atoms with Crippen molar-refractivity contribution >= 4 is 12.2 Å². The molecule has 5 heteroatoms. The summed E-state index contributed by atoms with van der Waals surface area (Å²) < 4.78 is 7.58. The van der Waals surface area contributed by atoms with Crippen LogP contribution in [-0.4, -0.2) is 19.4 Å². The second-order valence-electron chi connectivity index (χ2n) is 0.875. The van der Waals surface area contributed by atoms with Crippen LogP contribution in [0.15, 0.2) is 0 Å². The number of nitrogens with two attached hydrogens (primary N) is 1. The standard InChI is InChI=1S/C3H5NO4/c1-7-3(6)8-2(4)5/h1H3,(H2,4,5). The van der Waals surface area contributed by atoms with E-state index in [4.69, 9.17) is 0 Å². The molecule has 0 radical (unpaired) electrons. The van der Waals surface area contributed by atoms with E-state index in [0.29, 0.717) is 0 Å². The first-order chi connectivity index (χ1) is 3.66. The third kappa shape index (κ3) is 2.95. The highest BCUT2D eigenvalue weighted by molar-refractivity contribution is 5.79. The van der Waals surface area contributed by atoms with E-state index < -0.39 is 12.2 Å². The minimum Gasteiger partial charge on any atom is -0.437 e. The van der Waals surface area contributed by atoms with Crippen LogP contribution in [0.25, 0.3) is 0 Å². The molecule has 1 amide bonds. The fourth-order valence-corrected chi connectivity index (χ4v) is 0.124. The minimum absolute atomic E-state index is 1.07. The van der Waals surface area contributed by atoms with Crippen molar-refractivity contribution < 1.29 is 19.1 Å².